The van der Waals surface area contributed by atoms with Crippen molar-refractivity contribution in [3.8, 4) is 16.9 Å². The fourth-order valence-electron chi connectivity index (χ4n) is 5.49. The van der Waals surface area contributed by atoms with Gasteiger partial charge in [0, 0.05) is 56.5 Å². The van der Waals surface area contributed by atoms with Crippen LogP contribution >= 0.6 is 0 Å². The van der Waals surface area contributed by atoms with Crippen molar-refractivity contribution in [3.05, 3.63) is 114 Å². The van der Waals surface area contributed by atoms with Gasteiger partial charge in [0.2, 0.25) is 5.91 Å². The first kappa shape index (κ1) is 32.4. The first-order chi connectivity index (χ1) is 22.3. The van der Waals surface area contributed by atoms with Crippen molar-refractivity contribution in [2.45, 2.75) is 26.2 Å². The van der Waals surface area contributed by atoms with Gasteiger partial charge in [-0.15, -0.1) is 0 Å². The average Bonchev–Trinajstić information content (AvgIpc) is 3.08. The Labute approximate surface area is 271 Å². The molecule has 0 aliphatic carbocycles. The topological polar surface area (TPSA) is 82.2 Å². The van der Waals surface area contributed by atoms with Crippen LogP contribution in [0, 0.1) is 6.92 Å². The lowest BCUT2D eigenvalue weighted by atomic mass is 9.98. The van der Waals surface area contributed by atoms with E-state index in [2.05, 4.69) is 17.3 Å². The average molecular weight is 619 g/mol. The van der Waals surface area contributed by atoms with Gasteiger partial charge in [0.15, 0.2) is 0 Å². The number of unbranched alkanes of at least 4 members (excludes halogenated alkanes) is 1. The van der Waals surface area contributed by atoms with Gasteiger partial charge in [-0.3, -0.25) is 14.4 Å². The second-order valence-electron chi connectivity index (χ2n) is 11.8. The molecular weight excluding hydrogens is 576 g/mol. The van der Waals surface area contributed by atoms with Crippen molar-refractivity contribution < 1.29 is 19.1 Å². The lowest BCUT2D eigenvalue weighted by Crippen LogP contribution is -2.47. The number of piperazine rings is 1. The summed E-state index contributed by atoms with van der Waals surface area (Å²) in [5.41, 5.74) is 5.30. The van der Waals surface area contributed by atoms with Crippen molar-refractivity contribution in [1.82, 2.24) is 9.80 Å². The minimum atomic E-state index is -0.220. The summed E-state index contributed by atoms with van der Waals surface area (Å²) in [6, 6.07) is 29.9. The maximum absolute atomic E-state index is 13.4. The number of aryl methyl sites for hydroxylation is 1. The summed E-state index contributed by atoms with van der Waals surface area (Å²) < 4.78 is 6.06. The van der Waals surface area contributed by atoms with Crippen molar-refractivity contribution in [2.75, 3.05) is 57.1 Å². The van der Waals surface area contributed by atoms with E-state index in [0.717, 1.165) is 55.7 Å². The number of nitrogens with zero attached hydrogens (tertiary/aromatic N) is 3. The molecule has 4 aromatic carbocycles. The molecule has 1 saturated heterocycles. The van der Waals surface area contributed by atoms with E-state index in [-0.39, 0.29) is 17.7 Å². The Kier molecular flexibility index (Phi) is 10.8. The van der Waals surface area contributed by atoms with E-state index in [0.29, 0.717) is 41.3 Å². The molecule has 5 rings (SSSR count). The minimum absolute atomic E-state index is 0.198. The largest absolute Gasteiger partial charge is 0.491 e. The zero-order valence-electron chi connectivity index (χ0n) is 26.9. The summed E-state index contributed by atoms with van der Waals surface area (Å²) in [5, 5.41) is 2.97. The second-order valence-corrected chi connectivity index (χ2v) is 11.8. The van der Waals surface area contributed by atoms with E-state index in [9.17, 15) is 14.4 Å². The van der Waals surface area contributed by atoms with Gasteiger partial charge < -0.3 is 24.8 Å². The fraction of sp³-hybridized carbons (Fsp3) is 0.289. The number of likely N-dealkylation sites (N-methyl/N-ethyl adjacent to an activating group) is 1. The van der Waals surface area contributed by atoms with Crippen molar-refractivity contribution in [2.24, 2.45) is 0 Å². The maximum Gasteiger partial charge on any atom is 0.258 e. The normalized spacial score (nSPS) is 13.2. The predicted octanol–water partition coefficient (Wildman–Crippen LogP) is 6.51. The van der Waals surface area contributed by atoms with E-state index in [1.54, 1.807) is 36.2 Å². The SMILES string of the molecule is Cc1ccc(-c2ccccc2C(=O)Nc2ccc(C(=O)N(C)c3ccccc3OCCCCC(=O)N3CCN(C)CC3)cc2)cc1. The number of hydrogen-bond donors (Lipinski definition) is 1. The molecule has 0 aromatic heterocycles. The van der Waals surface area contributed by atoms with Gasteiger partial charge in [0.25, 0.3) is 11.8 Å². The van der Waals surface area contributed by atoms with Gasteiger partial charge in [-0.2, -0.15) is 0 Å². The van der Waals surface area contributed by atoms with Crippen LogP contribution in [0.1, 0.15) is 45.5 Å². The highest BCUT2D eigenvalue weighted by atomic mass is 16.5. The van der Waals surface area contributed by atoms with Crippen LogP contribution in [0.15, 0.2) is 97.1 Å². The Morgan fingerprint density at radius 1 is 0.804 bits per heavy atom. The molecule has 238 valence electrons. The lowest BCUT2D eigenvalue weighted by Gasteiger charge is -2.32. The molecule has 1 heterocycles. The number of nitrogens with one attached hydrogen (secondary N) is 1. The third-order valence-corrected chi connectivity index (χ3v) is 8.35. The zero-order chi connectivity index (χ0) is 32.5. The molecule has 8 nitrogen and oxygen atoms in total. The number of anilines is 2. The standard InChI is InChI=1S/C38H42N4O4/c1-28-15-17-29(18-16-28)32-10-4-5-11-33(32)37(44)39-31-21-19-30(20-22-31)38(45)41(3)34-12-6-7-13-35(34)46-27-9-8-14-36(43)42-25-23-40(2)24-26-42/h4-7,10-13,15-22H,8-9,14,23-27H2,1-3H3,(H,39,44). The molecule has 1 aliphatic heterocycles. The molecule has 0 atom stereocenters. The summed E-state index contributed by atoms with van der Waals surface area (Å²) in [7, 11) is 3.80. The Balaban J connectivity index is 1.15. The predicted molar refractivity (Wildman–Crippen MR) is 184 cm³/mol. The lowest BCUT2D eigenvalue weighted by molar-refractivity contribution is -0.132. The molecule has 8 heteroatoms. The van der Waals surface area contributed by atoms with E-state index in [4.69, 9.17) is 4.74 Å². The molecule has 0 unspecified atom stereocenters. The minimum Gasteiger partial charge on any atom is -0.491 e. The monoisotopic (exact) mass is 618 g/mol. The Morgan fingerprint density at radius 3 is 2.22 bits per heavy atom. The van der Waals surface area contributed by atoms with E-state index >= 15 is 0 Å². The zero-order valence-corrected chi connectivity index (χ0v) is 26.9. The summed E-state index contributed by atoms with van der Waals surface area (Å²) >= 11 is 0. The van der Waals surface area contributed by atoms with E-state index in [1.807, 2.05) is 84.6 Å². The second kappa shape index (κ2) is 15.4. The van der Waals surface area contributed by atoms with Crippen LogP contribution in [0.2, 0.25) is 0 Å². The summed E-state index contributed by atoms with van der Waals surface area (Å²) in [6.07, 6.45) is 2.01. The van der Waals surface area contributed by atoms with Gasteiger partial charge in [0.05, 0.1) is 12.3 Å². The number of hydrogen-bond acceptors (Lipinski definition) is 5. The van der Waals surface area contributed by atoms with Gasteiger partial charge in [-0.1, -0.05) is 60.2 Å². The highest BCUT2D eigenvalue weighted by Gasteiger charge is 2.20. The van der Waals surface area contributed by atoms with Crippen LogP contribution in [-0.4, -0.2) is 74.4 Å². The molecule has 4 aromatic rings. The van der Waals surface area contributed by atoms with Crippen LogP contribution in [0.4, 0.5) is 11.4 Å². The summed E-state index contributed by atoms with van der Waals surface area (Å²) in [6.45, 7) is 5.91. The fourth-order valence-corrected chi connectivity index (χ4v) is 5.49. The molecule has 0 radical (unpaired) electrons. The quantitative estimate of drug-likeness (QED) is 0.194. The van der Waals surface area contributed by atoms with Crippen molar-refractivity contribution in [3.63, 3.8) is 0 Å². The van der Waals surface area contributed by atoms with E-state index in [1.165, 1.54) is 0 Å². The van der Waals surface area contributed by atoms with Crippen molar-refractivity contribution >= 4 is 29.1 Å². The molecule has 0 bridgehead atoms. The van der Waals surface area contributed by atoms with Gasteiger partial charge >= 0.3 is 0 Å². The van der Waals surface area contributed by atoms with Crippen LogP contribution in [-0.2, 0) is 4.79 Å². The Bertz CT molecular complexity index is 1640. The van der Waals surface area contributed by atoms with Crippen molar-refractivity contribution in [1.29, 1.82) is 0 Å². The van der Waals surface area contributed by atoms with Crippen LogP contribution in [0.3, 0.4) is 0 Å². The smallest absolute Gasteiger partial charge is 0.258 e. The number of para-hydroxylation sites is 2. The summed E-state index contributed by atoms with van der Waals surface area (Å²) in [4.78, 5) is 44.9. The molecule has 0 saturated carbocycles. The molecule has 3 amide bonds. The summed E-state index contributed by atoms with van der Waals surface area (Å²) in [5.74, 6) is 0.398. The number of amides is 3. The number of ether oxygens (including phenoxy) is 1. The first-order valence-electron chi connectivity index (χ1n) is 15.8. The molecule has 1 fully saturated rings. The molecule has 46 heavy (non-hydrogen) atoms. The van der Waals surface area contributed by atoms with Gasteiger partial charge in [-0.25, -0.2) is 0 Å². The third kappa shape index (κ3) is 8.20. The molecule has 0 spiro atoms. The van der Waals surface area contributed by atoms with Crippen LogP contribution in [0.25, 0.3) is 11.1 Å². The third-order valence-electron chi connectivity index (χ3n) is 8.35. The van der Waals surface area contributed by atoms with Crippen LogP contribution < -0.4 is 15.0 Å². The number of carbonyl (C=O) groups excluding carboxylic acids is 3. The number of benzene rings is 4. The number of carbonyl (C=O) groups is 3. The highest BCUT2D eigenvalue weighted by Crippen LogP contribution is 2.29. The molecule has 1 N–H and O–H groups in total. The van der Waals surface area contributed by atoms with E-state index < -0.39 is 0 Å². The van der Waals surface area contributed by atoms with Gasteiger partial charge in [0.1, 0.15) is 5.75 Å². The Hall–Kier alpha value is -4.95. The highest BCUT2D eigenvalue weighted by molar-refractivity contribution is 6.09. The van der Waals surface area contributed by atoms with Gasteiger partial charge in [-0.05, 0) is 80.4 Å². The maximum atomic E-state index is 13.4. The molecular formula is C38H42N4O4. The van der Waals surface area contributed by atoms with Crippen LogP contribution in [0.5, 0.6) is 5.75 Å². The molecule has 1 aliphatic rings. The Morgan fingerprint density at radius 2 is 1.48 bits per heavy atom. The first-order valence-corrected chi connectivity index (χ1v) is 15.8. The number of rotatable bonds is 11.